The van der Waals surface area contributed by atoms with Crippen LogP contribution in [0.2, 0.25) is 0 Å². The molecule has 1 amide bonds. The molecule has 0 saturated carbocycles. The average molecular weight is 249 g/mol. The molecule has 2 aliphatic rings. The Hall–Kier alpha value is -1.43. The number of aryl methyl sites for hydroxylation is 1. The molecule has 1 aliphatic heterocycles. The summed E-state index contributed by atoms with van der Waals surface area (Å²) >= 11 is 0. The van der Waals surface area contributed by atoms with E-state index in [1.54, 1.807) is 0 Å². The van der Waals surface area contributed by atoms with Gasteiger partial charge in [-0.1, -0.05) is 0 Å². The summed E-state index contributed by atoms with van der Waals surface area (Å²) in [7, 11) is 2.10. The molecule has 2 heterocycles. The Balaban J connectivity index is 1.64. The maximum atomic E-state index is 12.4. The van der Waals surface area contributed by atoms with Gasteiger partial charge in [-0.15, -0.1) is 0 Å². The van der Waals surface area contributed by atoms with Gasteiger partial charge in [0.05, 0.1) is 11.4 Å². The first-order valence-electron chi connectivity index (χ1n) is 6.60. The third-order valence-electron chi connectivity index (χ3n) is 4.04. The standard InChI is InChI=1S/C12H19N5O/c1-16-4-6-17(7-5-16)12(18)9-2-3-10-11(8-9)14-15-13-10/h9H,2-8H2,1H3,(H,13,14,15). The van der Waals surface area contributed by atoms with Crippen molar-refractivity contribution in [3.8, 4) is 0 Å². The normalized spacial score (nSPS) is 24.9. The monoisotopic (exact) mass is 249 g/mol. The topological polar surface area (TPSA) is 65.1 Å². The first-order valence-corrected chi connectivity index (χ1v) is 6.60. The van der Waals surface area contributed by atoms with E-state index in [0.717, 1.165) is 56.8 Å². The second kappa shape index (κ2) is 4.68. The predicted octanol–water partition coefficient (Wildman–Crippen LogP) is -0.316. The summed E-state index contributed by atoms with van der Waals surface area (Å²) in [5.74, 6) is 0.405. The van der Waals surface area contributed by atoms with Crippen LogP contribution in [0.5, 0.6) is 0 Å². The second-order valence-electron chi connectivity index (χ2n) is 5.29. The summed E-state index contributed by atoms with van der Waals surface area (Å²) in [5, 5.41) is 10.9. The molecule has 0 radical (unpaired) electrons. The lowest BCUT2D eigenvalue weighted by atomic mass is 9.88. The summed E-state index contributed by atoms with van der Waals surface area (Å²) in [5.41, 5.74) is 2.02. The van der Waals surface area contributed by atoms with Crippen LogP contribution in [0.3, 0.4) is 0 Å². The quantitative estimate of drug-likeness (QED) is 0.741. The van der Waals surface area contributed by atoms with E-state index in [4.69, 9.17) is 0 Å². The van der Waals surface area contributed by atoms with Gasteiger partial charge in [-0.2, -0.15) is 15.4 Å². The van der Waals surface area contributed by atoms with Crippen molar-refractivity contribution < 1.29 is 4.79 Å². The Morgan fingerprint density at radius 2 is 1.94 bits per heavy atom. The van der Waals surface area contributed by atoms with Gasteiger partial charge in [0.25, 0.3) is 0 Å². The van der Waals surface area contributed by atoms with Gasteiger partial charge in [0.1, 0.15) is 0 Å². The van der Waals surface area contributed by atoms with Crippen molar-refractivity contribution in [2.75, 3.05) is 33.2 Å². The first kappa shape index (κ1) is 11.6. The van der Waals surface area contributed by atoms with Crippen LogP contribution in [-0.2, 0) is 17.6 Å². The van der Waals surface area contributed by atoms with Crippen molar-refractivity contribution in [2.24, 2.45) is 5.92 Å². The zero-order chi connectivity index (χ0) is 12.5. The van der Waals surface area contributed by atoms with E-state index in [-0.39, 0.29) is 5.92 Å². The third-order valence-corrected chi connectivity index (χ3v) is 4.04. The molecule has 98 valence electrons. The van der Waals surface area contributed by atoms with Gasteiger partial charge >= 0.3 is 0 Å². The summed E-state index contributed by atoms with van der Waals surface area (Å²) in [4.78, 5) is 16.7. The van der Waals surface area contributed by atoms with E-state index in [0.29, 0.717) is 5.91 Å². The maximum Gasteiger partial charge on any atom is 0.226 e. The van der Waals surface area contributed by atoms with Crippen LogP contribution in [0.1, 0.15) is 17.8 Å². The Morgan fingerprint density at radius 1 is 1.22 bits per heavy atom. The van der Waals surface area contributed by atoms with Crippen molar-refractivity contribution in [3.05, 3.63) is 11.4 Å². The Morgan fingerprint density at radius 3 is 2.72 bits per heavy atom. The molecule has 0 bridgehead atoms. The fourth-order valence-corrected chi connectivity index (χ4v) is 2.78. The van der Waals surface area contributed by atoms with E-state index in [1.807, 2.05) is 4.90 Å². The lowest BCUT2D eigenvalue weighted by Crippen LogP contribution is -2.49. The van der Waals surface area contributed by atoms with Crippen LogP contribution < -0.4 is 0 Å². The number of aromatic nitrogens is 3. The number of rotatable bonds is 1. The SMILES string of the molecule is CN1CCN(C(=O)C2CCc3n[nH]nc3C2)CC1. The van der Waals surface area contributed by atoms with Gasteiger partial charge < -0.3 is 9.80 Å². The molecule has 1 unspecified atom stereocenters. The highest BCUT2D eigenvalue weighted by atomic mass is 16.2. The van der Waals surface area contributed by atoms with Gasteiger partial charge in [-0.05, 0) is 19.9 Å². The number of hydrogen-bond acceptors (Lipinski definition) is 4. The molecule has 0 spiro atoms. The summed E-state index contributed by atoms with van der Waals surface area (Å²) in [6, 6.07) is 0. The molecule has 18 heavy (non-hydrogen) atoms. The molecule has 0 aromatic carbocycles. The molecule has 1 aromatic heterocycles. The highest BCUT2D eigenvalue weighted by molar-refractivity contribution is 5.79. The van der Waals surface area contributed by atoms with Gasteiger partial charge in [-0.3, -0.25) is 4.79 Å². The lowest BCUT2D eigenvalue weighted by molar-refractivity contribution is -0.137. The fraction of sp³-hybridized carbons (Fsp3) is 0.750. The van der Waals surface area contributed by atoms with Gasteiger partial charge in [0.2, 0.25) is 5.91 Å². The number of H-pyrrole nitrogens is 1. The van der Waals surface area contributed by atoms with Crippen LogP contribution in [0.15, 0.2) is 0 Å². The number of likely N-dealkylation sites (N-methyl/N-ethyl adjacent to an activating group) is 1. The summed E-state index contributed by atoms with van der Waals surface area (Å²) < 4.78 is 0. The highest BCUT2D eigenvalue weighted by Crippen LogP contribution is 2.24. The first-order chi connectivity index (χ1) is 8.74. The van der Waals surface area contributed by atoms with E-state index in [9.17, 15) is 4.79 Å². The van der Waals surface area contributed by atoms with E-state index < -0.39 is 0 Å². The maximum absolute atomic E-state index is 12.4. The molecule has 1 aliphatic carbocycles. The van der Waals surface area contributed by atoms with Gasteiger partial charge in [0.15, 0.2) is 0 Å². The number of carbonyl (C=O) groups is 1. The molecule has 1 aromatic rings. The Labute approximate surface area is 106 Å². The highest BCUT2D eigenvalue weighted by Gasteiger charge is 2.31. The number of nitrogens with one attached hydrogen (secondary N) is 1. The molecule has 1 N–H and O–H groups in total. The molecule has 6 nitrogen and oxygen atoms in total. The second-order valence-corrected chi connectivity index (χ2v) is 5.29. The summed E-state index contributed by atoms with van der Waals surface area (Å²) in [6.07, 6.45) is 2.53. The van der Waals surface area contributed by atoms with E-state index in [1.165, 1.54) is 0 Å². The van der Waals surface area contributed by atoms with Crippen LogP contribution in [-0.4, -0.2) is 64.3 Å². The number of aromatic amines is 1. The molecule has 3 rings (SSSR count). The largest absolute Gasteiger partial charge is 0.340 e. The minimum Gasteiger partial charge on any atom is -0.340 e. The fourth-order valence-electron chi connectivity index (χ4n) is 2.78. The predicted molar refractivity (Wildman–Crippen MR) is 66.0 cm³/mol. The molecular weight excluding hydrogens is 230 g/mol. The van der Waals surface area contributed by atoms with Crippen molar-refractivity contribution >= 4 is 5.91 Å². The van der Waals surface area contributed by atoms with Crippen molar-refractivity contribution in [1.82, 2.24) is 25.2 Å². The molecular formula is C12H19N5O. The van der Waals surface area contributed by atoms with Crippen molar-refractivity contribution in [1.29, 1.82) is 0 Å². The Bertz CT molecular complexity index is 435. The average Bonchev–Trinajstić information content (AvgIpc) is 2.86. The number of carbonyl (C=O) groups excluding carboxylic acids is 1. The minimum atomic E-state index is 0.103. The molecule has 6 heteroatoms. The molecule has 1 saturated heterocycles. The van der Waals surface area contributed by atoms with Crippen LogP contribution in [0.25, 0.3) is 0 Å². The zero-order valence-corrected chi connectivity index (χ0v) is 10.7. The minimum absolute atomic E-state index is 0.103. The summed E-state index contributed by atoms with van der Waals surface area (Å²) in [6.45, 7) is 3.68. The van der Waals surface area contributed by atoms with Crippen molar-refractivity contribution in [3.63, 3.8) is 0 Å². The molecule has 1 atom stereocenters. The van der Waals surface area contributed by atoms with E-state index in [2.05, 4.69) is 27.4 Å². The zero-order valence-electron chi connectivity index (χ0n) is 10.7. The van der Waals surface area contributed by atoms with Gasteiger partial charge in [-0.25, -0.2) is 0 Å². The van der Waals surface area contributed by atoms with Crippen molar-refractivity contribution in [2.45, 2.75) is 19.3 Å². The number of fused-ring (bicyclic) bond motifs is 1. The van der Waals surface area contributed by atoms with Crippen LogP contribution in [0, 0.1) is 5.92 Å². The lowest BCUT2D eigenvalue weighted by Gasteiger charge is -2.35. The smallest absolute Gasteiger partial charge is 0.226 e. The third kappa shape index (κ3) is 2.12. The number of amides is 1. The number of hydrogen-bond donors (Lipinski definition) is 1. The van der Waals surface area contributed by atoms with Gasteiger partial charge in [0, 0.05) is 38.5 Å². The Kier molecular flexibility index (Phi) is 3.03. The number of piperazine rings is 1. The van der Waals surface area contributed by atoms with Crippen LogP contribution >= 0.6 is 0 Å². The van der Waals surface area contributed by atoms with E-state index >= 15 is 0 Å². The van der Waals surface area contributed by atoms with Crippen LogP contribution in [0.4, 0.5) is 0 Å². The molecule has 1 fully saturated rings. The number of nitrogens with zero attached hydrogens (tertiary/aromatic N) is 4.